The van der Waals surface area contributed by atoms with Gasteiger partial charge >= 0.3 is 0 Å². The molecule has 2 aromatic heterocycles. The molecule has 0 atom stereocenters. The summed E-state index contributed by atoms with van der Waals surface area (Å²) in [4.78, 5) is 16.2. The molecule has 1 amide bonds. The van der Waals surface area contributed by atoms with Gasteiger partial charge in [0.25, 0.3) is 0 Å². The molecular weight excluding hydrogens is 326 g/mol. The smallest absolute Gasteiger partial charge is 0.249 e. The van der Waals surface area contributed by atoms with E-state index in [-0.39, 0.29) is 0 Å². The van der Waals surface area contributed by atoms with Crippen molar-refractivity contribution in [2.75, 3.05) is 7.11 Å². The minimum Gasteiger partial charge on any atom is -0.380 e. The van der Waals surface area contributed by atoms with Crippen LogP contribution < -0.4 is 5.73 Å². The molecule has 0 spiro atoms. The summed E-state index contributed by atoms with van der Waals surface area (Å²) in [6.45, 7) is 1.14. The molecule has 0 aliphatic heterocycles. The minimum atomic E-state index is -0.439. The Morgan fingerprint density at radius 3 is 2.85 bits per heavy atom. The summed E-state index contributed by atoms with van der Waals surface area (Å²) in [5.74, 6) is -0.439. The first kappa shape index (κ1) is 16.3. The number of hydrogen-bond donors (Lipinski definition) is 1. The Morgan fingerprint density at radius 1 is 1.23 bits per heavy atom. The molecule has 5 heteroatoms. The van der Waals surface area contributed by atoms with Crippen molar-refractivity contribution in [1.82, 2.24) is 9.55 Å². The van der Waals surface area contributed by atoms with Gasteiger partial charge < -0.3 is 15.0 Å². The molecule has 0 bridgehead atoms. The highest BCUT2D eigenvalue weighted by Crippen LogP contribution is 2.32. The third-order valence-electron chi connectivity index (χ3n) is 4.49. The molecule has 2 N–H and O–H groups in total. The third kappa shape index (κ3) is 2.72. The van der Waals surface area contributed by atoms with E-state index in [2.05, 4.69) is 21.7 Å². The molecule has 26 heavy (non-hydrogen) atoms. The number of ether oxygens (including phenoxy) is 1. The van der Waals surface area contributed by atoms with Crippen molar-refractivity contribution in [2.45, 2.75) is 13.2 Å². The van der Waals surface area contributed by atoms with Crippen molar-refractivity contribution in [1.29, 1.82) is 0 Å². The zero-order valence-electron chi connectivity index (χ0n) is 14.4. The van der Waals surface area contributed by atoms with Crippen LogP contribution in [0, 0.1) is 6.07 Å². The van der Waals surface area contributed by atoms with E-state index in [1.807, 2.05) is 36.5 Å². The van der Waals surface area contributed by atoms with Crippen LogP contribution in [-0.2, 0) is 17.9 Å². The van der Waals surface area contributed by atoms with Gasteiger partial charge in [-0.25, -0.2) is 0 Å². The zero-order chi connectivity index (χ0) is 18.1. The molecule has 0 unspecified atom stereocenters. The van der Waals surface area contributed by atoms with Crippen LogP contribution in [0.15, 0.2) is 54.9 Å². The fourth-order valence-electron chi connectivity index (χ4n) is 3.40. The maximum atomic E-state index is 12.0. The average Bonchev–Trinajstić information content (AvgIpc) is 2.96. The maximum absolute atomic E-state index is 12.0. The van der Waals surface area contributed by atoms with Crippen LogP contribution in [0.5, 0.6) is 0 Å². The Morgan fingerprint density at radius 2 is 2.12 bits per heavy atom. The summed E-state index contributed by atoms with van der Waals surface area (Å²) >= 11 is 0. The van der Waals surface area contributed by atoms with E-state index >= 15 is 0 Å². The van der Waals surface area contributed by atoms with Crippen molar-refractivity contribution in [2.24, 2.45) is 5.73 Å². The predicted octanol–water partition coefficient (Wildman–Crippen LogP) is 3.28. The van der Waals surface area contributed by atoms with Gasteiger partial charge in [-0.15, -0.1) is 0 Å². The predicted molar refractivity (Wildman–Crippen MR) is 101 cm³/mol. The molecule has 129 valence electrons. The number of primary amides is 1. The first-order chi connectivity index (χ1) is 12.7. The van der Waals surface area contributed by atoms with E-state index in [1.54, 1.807) is 19.4 Å². The fourth-order valence-corrected chi connectivity index (χ4v) is 3.40. The van der Waals surface area contributed by atoms with E-state index in [0.717, 1.165) is 32.9 Å². The SMILES string of the molecule is COCc1c[c]c2c3c(C(N)=O)cccc3n(Cc3cccnc3)c2c1. The molecular formula is C21H18N3O2. The van der Waals surface area contributed by atoms with E-state index < -0.39 is 5.91 Å². The van der Waals surface area contributed by atoms with Gasteiger partial charge in [-0.3, -0.25) is 9.78 Å². The Hall–Kier alpha value is -3.18. The summed E-state index contributed by atoms with van der Waals surface area (Å²) in [5.41, 5.74) is 10.2. The second-order valence-electron chi connectivity index (χ2n) is 6.21. The zero-order valence-corrected chi connectivity index (χ0v) is 14.4. The standard InChI is InChI=1S/C21H18N3O2/c1-26-13-14-7-8-16-19(10-14)24(12-15-4-3-9-23-11-15)18-6-2-5-17(20(16)18)21(22)25/h2-7,9-11H,12-13H2,1H3,(H2,22,25). The van der Waals surface area contributed by atoms with Crippen molar-refractivity contribution in [3.63, 3.8) is 0 Å². The van der Waals surface area contributed by atoms with Crippen LogP contribution in [0.25, 0.3) is 21.8 Å². The lowest BCUT2D eigenvalue weighted by Gasteiger charge is -2.08. The van der Waals surface area contributed by atoms with E-state index in [1.165, 1.54) is 0 Å². The lowest BCUT2D eigenvalue weighted by atomic mass is 10.0. The highest BCUT2D eigenvalue weighted by molar-refractivity contribution is 6.17. The summed E-state index contributed by atoms with van der Waals surface area (Å²) in [7, 11) is 1.67. The summed E-state index contributed by atoms with van der Waals surface area (Å²) in [6, 6.07) is 16.9. The Balaban J connectivity index is 2.03. The number of hydrogen-bond acceptors (Lipinski definition) is 3. The van der Waals surface area contributed by atoms with Crippen LogP contribution in [0.1, 0.15) is 21.5 Å². The van der Waals surface area contributed by atoms with E-state index in [0.29, 0.717) is 18.7 Å². The van der Waals surface area contributed by atoms with Gasteiger partial charge in [-0.05, 0) is 47.5 Å². The first-order valence-electron chi connectivity index (χ1n) is 8.32. The average molecular weight is 344 g/mol. The van der Waals surface area contributed by atoms with Gasteiger partial charge in [0.05, 0.1) is 17.6 Å². The van der Waals surface area contributed by atoms with Crippen LogP contribution in [0.2, 0.25) is 0 Å². The highest BCUT2D eigenvalue weighted by Gasteiger charge is 2.17. The molecule has 0 aliphatic rings. The van der Waals surface area contributed by atoms with Crippen molar-refractivity contribution >= 4 is 27.7 Å². The quantitative estimate of drug-likeness (QED) is 0.604. The van der Waals surface area contributed by atoms with Gasteiger partial charge in [0.1, 0.15) is 0 Å². The minimum absolute atomic E-state index is 0.439. The van der Waals surface area contributed by atoms with Crippen molar-refractivity contribution < 1.29 is 9.53 Å². The molecule has 5 nitrogen and oxygen atoms in total. The highest BCUT2D eigenvalue weighted by atomic mass is 16.5. The number of nitrogens with two attached hydrogens (primary N) is 1. The molecule has 0 saturated heterocycles. The number of pyridine rings is 1. The molecule has 1 radical (unpaired) electrons. The fraction of sp³-hybridized carbons (Fsp3) is 0.143. The number of methoxy groups -OCH3 is 1. The molecule has 4 rings (SSSR count). The van der Waals surface area contributed by atoms with Crippen LogP contribution >= 0.6 is 0 Å². The second-order valence-corrected chi connectivity index (χ2v) is 6.21. The van der Waals surface area contributed by atoms with Crippen LogP contribution in [-0.4, -0.2) is 22.6 Å². The molecule has 0 aliphatic carbocycles. The summed E-state index contributed by atoms with van der Waals surface area (Å²) in [5, 5.41) is 1.72. The second kappa shape index (κ2) is 6.61. The number of aromatic nitrogens is 2. The largest absolute Gasteiger partial charge is 0.380 e. The Labute approximate surface area is 151 Å². The van der Waals surface area contributed by atoms with Gasteiger partial charge in [0.2, 0.25) is 5.91 Å². The maximum Gasteiger partial charge on any atom is 0.249 e. The number of fused-ring (bicyclic) bond motifs is 3. The molecule has 4 aromatic rings. The number of benzene rings is 2. The van der Waals surface area contributed by atoms with Gasteiger partial charge in [-0.1, -0.05) is 12.1 Å². The number of amides is 1. The first-order valence-corrected chi connectivity index (χ1v) is 8.32. The van der Waals surface area contributed by atoms with Gasteiger partial charge in [0.15, 0.2) is 0 Å². The number of rotatable bonds is 5. The van der Waals surface area contributed by atoms with Crippen molar-refractivity contribution in [3.05, 3.63) is 77.6 Å². The van der Waals surface area contributed by atoms with Crippen LogP contribution in [0.4, 0.5) is 0 Å². The van der Waals surface area contributed by atoms with Gasteiger partial charge in [0, 0.05) is 42.4 Å². The van der Waals surface area contributed by atoms with Gasteiger partial charge in [-0.2, -0.15) is 0 Å². The Kier molecular flexibility index (Phi) is 4.14. The number of nitrogens with zero attached hydrogens (tertiary/aromatic N) is 2. The number of carbonyl (C=O) groups excluding carboxylic acids is 1. The topological polar surface area (TPSA) is 70.1 Å². The number of carbonyl (C=O) groups is 1. The van der Waals surface area contributed by atoms with E-state index in [9.17, 15) is 4.79 Å². The Bertz CT molecular complexity index is 1100. The van der Waals surface area contributed by atoms with Crippen LogP contribution in [0.3, 0.4) is 0 Å². The normalized spacial score (nSPS) is 11.3. The lowest BCUT2D eigenvalue weighted by Crippen LogP contribution is -2.11. The third-order valence-corrected chi connectivity index (χ3v) is 4.49. The lowest BCUT2D eigenvalue weighted by molar-refractivity contribution is 0.100. The molecule has 2 aromatic carbocycles. The summed E-state index contributed by atoms with van der Waals surface area (Å²) in [6.07, 6.45) is 3.60. The molecule has 0 fully saturated rings. The van der Waals surface area contributed by atoms with Crippen molar-refractivity contribution in [3.8, 4) is 0 Å². The van der Waals surface area contributed by atoms with E-state index in [4.69, 9.17) is 10.5 Å². The molecule has 0 saturated carbocycles. The monoisotopic (exact) mass is 344 g/mol. The molecule has 2 heterocycles. The summed E-state index contributed by atoms with van der Waals surface area (Å²) < 4.78 is 7.43.